The van der Waals surface area contributed by atoms with E-state index in [1.54, 1.807) is 14.0 Å². The number of aryl methyl sites for hydroxylation is 2. The summed E-state index contributed by atoms with van der Waals surface area (Å²) in [6, 6.07) is 2.19. The van der Waals surface area contributed by atoms with Crippen LogP contribution < -0.4 is 15.4 Å². The number of aromatic nitrogens is 2. The molecule has 0 aliphatic heterocycles. The number of carbonyl (C=O) groups is 1. The number of halogens is 2. The van der Waals surface area contributed by atoms with Crippen molar-refractivity contribution in [2.45, 2.75) is 6.92 Å². The van der Waals surface area contributed by atoms with Gasteiger partial charge in [0.2, 0.25) is 5.88 Å². The third-order valence-corrected chi connectivity index (χ3v) is 2.78. The zero-order chi connectivity index (χ0) is 15.6. The highest BCUT2D eigenvalue weighted by Gasteiger charge is 2.17. The summed E-state index contributed by atoms with van der Waals surface area (Å²) in [4.78, 5) is 11.9. The van der Waals surface area contributed by atoms with E-state index in [4.69, 9.17) is 4.74 Å². The summed E-state index contributed by atoms with van der Waals surface area (Å²) < 4.78 is 32.8. The molecule has 0 fully saturated rings. The summed E-state index contributed by atoms with van der Waals surface area (Å²) in [5, 5.41) is 8.91. The number of hydrogen-bond acceptors (Lipinski definition) is 3. The summed E-state index contributed by atoms with van der Waals surface area (Å²) >= 11 is 0. The Kier molecular flexibility index (Phi) is 4.06. The van der Waals surface area contributed by atoms with E-state index in [1.165, 1.54) is 11.8 Å². The monoisotopic (exact) mass is 296 g/mol. The maximum absolute atomic E-state index is 13.5. The fraction of sp³-hybridized carbons (Fsp3) is 0.231. The van der Waals surface area contributed by atoms with Gasteiger partial charge in [-0.2, -0.15) is 5.10 Å². The average molecular weight is 296 g/mol. The van der Waals surface area contributed by atoms with Crippen molar-refractivity contribution in [2.75, 3.05) is 17.7 Å². The van der Waals surface area contributed by atoms with Gasteiger partial charge in [0.15, 0.2) is 0 Å². The quantitative estimate of drug-likeness (QED) is 0.915. The van der Waals surface area contributed by atoms with Crippen molar-refractivity contribution in [3.63, 3.8) is 0 Å². The van der Waals surface area contributed by atoms with Crippen LogP contribution in [0.15, 0.2) is 18.2 Å². The minimum Gasteiger partial charge on any atom is -0.480 e. The molecule has 0 unspecified atom stereocenters. The van der Waals surface area contributed by atoms with Gasteiger partial charge >= 0.3 is 6.03 Å². The van der Waals surface area contributed by atoms with Crippen LogP contribution in [0.2, 0.25) is 0 Å². The lowest BCUT2D eigenvalue weighted by atomic mass is 10.3. The predicted octanol–water partition coefficient (Wildman–Crippen LogP) is 2.66. The minimum atomic E-state index is -0.861. The number of rotatable bonds is 3. The molecule has 2 N–H and O–H groups in total. The molecule has 0 spiro atoms. The number of ether oxygens (including phenoxy) is 1. The van der Waals surface area contributed by atoms with Crippen LogP contribution in [0.3, 0.4) is 0 Å². The molecule has 0 saturated heterocycles. The van der Waals surface area contributed by atoms with Crippen LogP contribution in [-0.2, 0) is 7.05 Å². The van der Waals surface area contributed by atoms with Gasteiger partial charge in [0, 0.05) is 13.1 Å². The molecule has 2 amide bonds. The molecule has 6 nitrogen and oxygen atoms in total. The van der Waals surface area contributed by atoms with Gasteiger partial charge in [-0.3, -0.25) is 0 Å². The number of methoxy groups -OCH3 is 1. The van der Waals surface area contributed by atoms with Gasteiger partial charge in [-0.25, -0.2) is 18.3 Å². The van der Waals surface area contributed by atoms with Gasteiger partial charge < -0.3 is 15.4 Å². The molecular formula is C13H14F2N4O2. The fourth-order valence-electron chi connectivity index (χ4n) is 1.87. The van der Waals surface area contributed by atoms with Crippen LogP contribution in [0.25, 0.3) is 0 Å². The first-order chi connectivity index (χ1) is 9.92. The minimum absolute atomic E-state index is 0.130. The van der Waals surface area contributed by atoms with Crippen molar-refractivity contribution in [3.8, 4) is 5.88 Å². The van der Waals surface area contributed by atoms with E-state index in [1.807, 2.05) is 0 Å². The van der Waals surface area contributed by atoms with Gasteiger partial charge in [0.1, 0.15) is 17.3 Å². The van der Waals surface area contributed by atoms with Crippen molar-refractivity contribution in [2.24, 2.45) is 7.05 Å². The third kappa shape index (κ3) is 3.10. The molecule has 0 aliphatic carbocycles. The highest BCUT2D eigenvalue weighted by Crippen LogP contribution is 2.27. The molecule has 21 heavy (non-hydrogen) atoms. The number of benzene rings is 1. The lowest BCUT2D eigenvalue weighted by molar-refractivity contribution is 0.262. The van der Waals surface area contributed by atoms with E-state index in [-0.39, 0.29) is 5.69 Å². The molecule has 1 heterocycles. The number of hydrogen-bond donors (Lipinski definition) is 2. The Morgan fingerprint density at radius 3 is 2.67 bits per heavy atom. The first-order valence-corrected chi connectivity index (χ1v) is 6.03. The zero-order valence-corrected chi connectivity index (χ0v) is 11.7. The zero-order valence-electron chi connectivity index (χ0n) is 11.7. The second-order valence-electron chi connectivity index (χ2n) is 4.30. The molecule has 8 heteroatoms. The summed E-state index contributed by atoms with van der Waals surface area (Å²) in [6.07, 6.45) is 0. The van der Waals surface area contributed by atoms with Gasteiger partial charge in [-0.05, 0) is 19.1 Å². The topological polar surface area (TPSA) is 68.2 Å². The number of amides is 2. The summed E-state index contributed by atoms with van der Waals surface area (Å²) in [5.41, 5.74) is 0.790. The van der Waals surface area contributed by atoms with Crippen LogP contribution in [0, 0.1) is 18.6 Å². The van der Waals surface area contributed by atoms with Gasteiger partial charge in [-0.15, -0.1) is 0 Å². The maximum Gasteiger partial charge on any atom is 0.323 e. The maximum atomic E-state index is 13.5. The largest absolute Gasteiger partial charge is 0.480 e. The molecule has 112 valence electrons. The summed E-state index contributed by atoms with van der Waals surface area (Å²) in [7, 11) is 3.10. The number of urea groups is 1. The molecule has 0 atom stereocenters. The highest BCUT2D eigenvalue weighted by molar-refractivity contribution is 6.01. The van der Waals surface area contributed by atoms with Crippen molar-refractivity contribution in [1.82, 2.24) is 9.78 Å². The normalized spacial score (nSPS) is 10.3. The van der Waals surface area contributed by atoms with Gasteiger partial charge in [0.05, 0.1) is 18.5 Å². The van der Waals surface area contributed by atoms with E-state index in [9.17, 15) is 13.6 Å². The average Bonchev–Trinajstić information content (AvgIpc) is 2.67. The number of nitrogens with zero attached hydrogens (tertiary/aromatic N) is 2. The number of nitrogens with one attached hydrogen (secondary N) is 2. The highest BCUT2D eigenvalue weighted by atomic mass is 19.1. The Morgan fingerprint density at radius 1 is 1.33 bits per heavy atom. The van der Waals surface area contributed by atoms with Crippen molar-refractivity contribution in [1.29, 1.82) is 0 Å². The summed E-state index contributed by atoms with van der Waals surface area (Å²) in [5.74, 6) is -1.22. The van der Waals surface area contributed by atoms with Crippen LogP contribution >= 0.6 is 0 Å². The molecule has 0 aliphatic rings. The number of anilines is 2. The Morgan fingerprint density at radius 2 is 2.05 bits per heavy atom. The molecule has 2 rings (SSSR count). The van der Waals surface area contributed by atoms with Crippen molar-refractivity contribution >= 4 is 17.4 Å². The van der Waals surface area contributed by atoms with E-state index in [0.29, 0.717) is 23.3 Å². The second-order valence-corrected chi connectivity index (χ2v) is 4.30. The number of carbonyl (C=O) groups excluding carboxylic acids is 1. The lowest BCUT2D eigenvalue weighted by Gasteiger charge is -2.09. The molecule has 0 radical (unpaired) electrons. The molecule has 0 saturated carbocycles. The van der Waals surface area contributed by atoms with E-state index in [0.717, 1.165) is 12.1 Å². The van der Waals surface area contributed by atoms with E-state index >= 15 is 0 Å². The Balaban J connectivity index is 2.15. The molecule has 2 aromatic rings. The molecular weight excluding hydrogens is 282 g/mol. The summed E-state index contributed by atoms with van der Waals surface area (Å²) in [6.45, 7) is 1.69. The van der Waals surface area contributed by atoms with Crippen molar-refractivity contribution in [3.05, 3.63) is 35.5 Å². The molecule has 0 bridgehead atoms. The van der Waals surface area contributed by atoms with Crippen LogP contribution in [0.4, 0.5) is 25.0 Å². The Hall–Kier alpha value is -2.64. The van der Waals surface area contributed by atoms with Gasteiger partial charge in [-0.1, -0.05) is 0 Å². The lowest BCUT2D eigenvalue weighted by Crippen LogP contribution is -2.20. The Labute approximate surface area is 119 Å². The fourth-order valence-corrected chi connectivity index (χ4v) is 1.87. The second kappa shape index (κ2) is 5.78. The van der Waals surface area contributed by atoms with Crippen molar-refractivity contribution < 1.29 is 18.3 Å². The SMILES string of the molecule is COc1c(NC(=O)Nc2ccc(F)cc2F)c(C)nn1C. The van der Waals surface area contributed by atoms with Gasteiger partial charge in [0.25, 0.3) is 0 Å². The third-order valence-electron chi connectivity index (χ3n) is 2.78. The van der Waals surface area contributed by atoms with E-state index < -0.39 is 17.7 Å². The van der Waals surface area contributed by atoms with E-state index in [2.05, 4.69) is 15.7 Å². The molecule has 1 aromatic carbocycles. The first-order valence-electron chi connectivity index (χ1n) is 6.03. The smallest absolute Gasteiger partial charge is 0.323 e. The van der Waals surface area contributed by atoms with Crippen LogP contribution in [0.1, 0.15) is 5.69 Å². The standard InChI is InChI=1S/C13H14F2N4O2/c1-7-11(12(21-3)19(2)18-7)17-13(20)16-10-5-4-8(14)6-9(10)15/h4-6H,1-3H3,(H2,16,17,20). The van der Waals surface area contributed by atoms with Crippen LogP contribution in [-0.4, -0.2) is 22.9 Å². The first kappa shape index (κ1) is 14.8. The predicted molar refractivity (Wildman–Crippen MR) is 73.5 cm³/mol. The Bertz CT molecular complexity index is 685. The molecule has 1 aromatic heterocycles. The van der Waals surface area contributed by atoms with Crippen LogP contribution in [0.5, 0.6) is 5.88 Å².